The van der Waals surface area contributed by atoms with Gasteiger partial charge in [0.2, 0.25) is 0 Å². The molecule has 0 saturated heterocycles. The Hall–Kier alpha value is -3.33. The number of Topliss-reactive ketones (excluding diaryl/α,β-unsaturated/α-hetero) is 1. The molecule has 3 unspecified atom stereocenters. The predicted molar refractivity (Wildman–Crippen MR) is 117 cm³/mol. The predicted octanol–water partition coefficient (Wildman–Crippen LogP) is 2.20. The summed E-state index contributed by atoms with van der Waals surface area (Å²) in [5, 5.41) is 13.3. The summed E-state index contributed by atoms with van der Waals surface area (Å²) in [6.45, 7) is 3.82. The molecule has 3 rings (SSSR count). The molecule has 1 aliphatic heterocycles. The molecule has 0 bridgehead atoms. The summed E-state index contributed by atoms with van der Waals surface area (Å²) >= 11 is 0. The van der Waals surface area contributed by atoms with Gasteiger partial charge in [-0.15, -0.1) is 0 Å². The number of carbonyl (C=O) groups is 3. The van der Waals surface area contributed by atoms with E-state index in [1.54, 1.807) is 19.1 Å². The van der Waals surface area contributed by atoms with Gasteiger partial charge in [-0.25, -0.2) is 4.79 Å². The van der Waals surface area contributed by atoms with E-state index in [0.29, 0.717) is 29.0 Å². The molecule has 33 heavy (non-hydrogen) atoms. The van der Waals surface area contributed by atoms with Gasteiger partial charge in [-0.1, -0.05) is 13.0 Å². The number of hydrogen-bond acceptors (Lipinski definition) is 9. The second kappa shape index (κ2) is 10.1. The van der Waals surface area contributed by atoms with Gasteiger partial charge in [0.05, 0.1) is 26.4 Å². The van der Waals surface area contributed by atoms with Gasteiger partial charge >= 0.3 is 11.9 Å². The number of phenols is 1. The Balaban J connectivity index is 2.16. The SMILES string of the molecule is COCCOC(=O)C1=C(C)NC2=C(C(=O)C(C(=O)OC)C(C)C2)C1c1ccc(O)c(OC)c1. The fourth-order valence-electron chi connectivity index (χ4n) is 4.45. The summed E-state index contributed by atoms with van der Waals surface area (Å²) in [6, 6.07) is 4.63. The van der Waals surface area contributed by atoms with Crippen LogP contribution in [0.1, 0.15) is 31.7 Å². The minimum absolute atomic E-state index is 0.0411. The van der Waals surface area contributed by atoms with Crippen LogP contribution in [0.25, 0.3) is 0 Å². The first-order valence-corrected chi connectivity index (χ1v) is 10.6. The van der Waals surface area contributed by atoms with E-state index in [9.17, 15) is 19.5 Å². The maximum atomic E-state index is 13.6. The average molecular weight is 459 g/mol. The van der Waals surface area contributed by atoms with E-state index in [2.05, 4.69) is 5.32 Å². The lowest BCUT2D eigenvalue weighted by Crippen LogP contribution is -2.43. The lowest BCUT2D eigenvalue weighted by atomic mass is 9.69. The van der Waals surface area contributed by atoms with E-state index in [1.165, 1.54) is 27.4 Å². The van der Waals surface area contributed by atoms with Crippen molar-refractivity contribution in [3.8, 4) is 11.5 Å². The van der Waals surface area contributed by atoms with E-state index in [1.807, 2.05) is 6.92 Å². The first-order chi connectivity index (χ1) is 15.7. The van der Waals surface area contributed by atoms with Crippen LogP contribution in [0.3, 0.4) is 0 Å². The smallest absolute Gasteiger partial charge is 0.336 e. The topological polar surface area (TPSA) is 120 Å². The number of benzene rings is 1. The number of carbonyl (C=O) groups excluding carboxylic acids is 3. The fourth-order valence-corrected chi connectivity index (χ4v) is 4.45. The third kappa shape index (κ3) is 4.59. The molecule has 9 nitrogen and oxygen atoms in total. The second-order valence-electron chi connectivity index (χ2n) is 8.10. The Morgan fingerprint density at radius 1 is 1.18 bits per heavy atom. The number of nitrogens with one attached hydrogen (secondary N) is 1. The number of dihydropyridines is 1. The maximum Gasteiger partial charge on any atom is 0.336 e. The van der Waals surface area contributed by atoms with Crippen molar-refractivity contribution in [2.75, 3.05) is 34.5 Å². The highest BCUT2D eigenvalue weighted by molar-refractivity contribution is 6.12. The molecule has 0 fully saturated rings. The fraction of sp³-hybridized carbons (Fsp3) is 0.458. The standard InChI is InChI=1S/C24H29NO8/c1-12-10-15-21(22(27)18(12)23(28)32-5)20(14-6-7-16(26)17(11-14)31-4)19(13(2)25-15)24(29)33-9-8-30-3/h6-7,11-12,18,20,25-26H,8-10H2,1-5H3. The van der Waals surface area contributed by atoms with Gasteiger partial charge in [0, 0.05) is 30.0 Å². The summed E-state index contributed by atoms with van der Waals surface area (Å²) in [7, 11) is 4.15. The van der Waals surface area contributed by atoms with Gasteiger partial charge in [-0.2, -0.15) is 0 Å². The van der Waals surface area contributed by atoms with Crippen LogP contribution >= 0.6 is 0 Å². The van der Waals surface area contributed by atoms with Crippen molar-refractivity contribution in [1.82, 2.24) is 5.32 Å². The third-order valence-corrected chi connectivity index (χ3v) is 6.02. The zero-order valence-electron chi connectivity index (χ0n) is 19.4. The lowest BCUT2D eigenvalue weighted by molar-refractivity contribution is -0.151. The monoisotopic (exact) mass is 459 g/mol. The van der Waals surface area contributed by atoms with E-state index >= 15 is 0 Å². The zero-order valence-corrected chi connectivity index (χ0v) is 19.4. The normalized spacial score (nSPS) is 22.5. The van der Waals surface area contributed by atoms with Gasteiger partial charge in [0.25, 0.3) is 0 Å². The highest BCUT2D eigenvalue weighted by atomic mass is 16.6. The highest BCUT2D eigenvalue weighted by Gasteiger charge is 2.47. The summed E-state index contributed by atoms with van der Waals surface area (Å²) in [5.41, 5.74) is 2.29. The Labute approximate surface area is 192 Å². The summed E-state index contributed by atoms with van der Waals surface area (Å²) in [4.78, 5) is 39.2. The van der Waals surface area contributed by atoms with Crippen LogP contribution in [-0.2, 0) is 28.6 Å². The molecule has 0 amide bonds. The number of allylic oxidation sites excluding steroid dienone is 3. The van der Waals surface area contributed by atoms with E-state index in [4.69, 9.17) is 18.9 Å². The Morgan fingerprint density at radius 3 is 2.55 bits per heavy atom. The Morgan fingerprint density at radius 2 is 1.91 bits per heavy atom. The molecule has 0 radical (unpaired) electrons. The average Bonchev–Trinajstić information content (AvgIpc) is 2.78. The number of aromatic hydroxyl groups is 1. The minimum atomic E-state index is -0.985. The van der Waals surface area contributed by atoms with E-state index in [0.717, 1.165) is 0 Å². The molecule has 1 aliphatic carbocycles. The number of hydrogen-bond donors (Lipinski definition) is 2. The van der Waals surface area contributed by atoms with Crippen LogP contribution in [0.2, 0.25) is 0 Å². The van der Waals surface area contributed by atoms with E-state index < -0.39 is 29.6 Å². The van der Waals surface area contributed by atoms with Gasteiger partial charge < -0.3 is 29.4 Å². The number of rotatable bonds is 7. The molecule has 178 valence electrons. The molecule has 1 aromatic carbocycles. The van der Waals surface area contributed by atoms with Gasteiger partial charge in [-0.3, -0.25) is 9.59 Å². The lowest BCUT2D eigenvalue weighted by Gasteiger charge is -2.38. The number of phenolic OH excluding ortho intramolecular Hbond substituents is 1. The van der Waals surface area contributed by atoms with Crippen molar-refractivity contribution in [3.63, 3.8) is 0 Å². The van der Waals surface area contributed by atoms with Crippen molar-refractivity contribution in [1.29, 1.82) is 0 Å². The molecule has 1 heterocycles. The molecule has 1 aromatic rings. The minimum Gasteiger partial charge on any atom is -0.504 e. The largest absolute Gasteiger partial charge is 0.504 e. The molecule has 9 heteroatoms. The summed E-state index contributed by atoms with van der Waals surface area (Å²) in [6.07, 6.45) is 0.426. The van der Waals surface area contributed by atoms with Crippen LogP contribution in [0, 0.1) is 11.8 Å². The van der Waals surface area contributed by atoms with E-state index in [-0.39, 0.29) is 36.2 Å². The summed E-state index contributed by atoms with van der Waals surface area (Å²) < 4.78 is 20.5. The van der Waals surface area contributed by atoms with Crippen molar-refractivity contribution in [2.24, 2.45) is 11.8 Å². The molecule has 0 saturated carbocycles. The highest BCUT2D eigenvalue weighted by Crippen LogP contribution is 2.46. The van der Waals surface area contributed by atoms with Crippen LogP contribution < -0.4 is 10.1 Å². The number of esters is 2. The molecule has 2 aliphatic rings. The Bertz CT molecular complexity index is 1030. The molecular weight excluding hydrogens is 430 g/mol. The van der Waals surface area contributed by atoms with Crippen molar-refractivity contribution >= 4 is 17.7 Å². The number of ether oxygens (including phenoxy) is 4. The quantitative estimate of drug-likeness (QED) is 0.359. The van der Waals surface area contributed by atoms with Gasteiger partial charge in [-0.05, 0) is 37.0 Å². The van der Waals surface area contributed by atoms with Gasteiger partial charge in [0.1, 0.15) is 12.5 Å². The molecule has 0 aromatic heterocycles. The Kier molecular flexibility index (Phi) is 7.43. The first kappa shape index (κ1) is 24.3. The summed E-state index contributed by atoms with van der Waals surface area (Å²) in [5.74, 6) is -3.61. The zero-order chi connectivity index (χ0) is 24.3. The molecule has 3 atom stereocenters. The van der Waals surface area contributed by atoms with Crippen LogP contribution in [0.4, 0.5) is 0 Å². The maximum absolute atomic E-state index is 13.6. The molecular formula is C24H29NO8. The van der Waals surface area contributed by atoms with Crippen molar-refractivity contribution in [3.05, 3.63) is 46.3 Å². The number of methoxy groups -OCH3 is 3. The second-order valence-corrected chi connectivity index (χ2v) is 8.10. The van der Waals surface area contributed by atoms with Gasteiger partial charge in [0.15, 0.2) is 17.3 Å². The van der Waals surface area contributed by atoms with Crippen molar-refractivity contribution < 1.29 is 38.4 Å². The third-order valence-electron chi connectivity index (χ3n) is 6.02. The van der Waals surface area contributed by atoms with Crippen molar-refractivity contribution in [2.45, 2.75) is 26.2 Å². The first-order valence-electron chi connectivity index (χ1n) is 10.6. The number of ketones is 1. The molecule has 2 N–H and O–H groups in total. The molecule has 0 spiro atoms. The van der Waals surface area contributed by atoms with Crippen LogP contribution in [0.15, 0.2) is 40.7 Å². The van der Waals surface area contributed by atoms with Crippen LogP contribution in [0.5, 0.6) is 11.5 Å². The van der Waals surface area contributed by atoms with Crippen LogP contribution in [-0.4, -0.2) is 57.4 Å².